The first-order chi connectivity index (χ1) is 14.7. The lowest BCUT2D eigenvalue weighted by Gasteiger charge is -2.18. The van der Waals surface area contributed by atoms with Gasteiger partial charge in [0, 0.05) is 17.3 Å². The number of benzene rings is 2. The predicted octanol–water partition coefficient (Wildman–Crippen LogP) is 3.19. The van der Waals surface area contributed by atoms with Crippen molar-refractivity contribution in [3.05, 3.63) is 41.0 Å². The maximum absolute atomic E-state index is 12.7. The summed E-state index contributed by atoms with van der Waals surface area (Å²) in [5.74, 6) is -1.98. The van der Waals surface area contributed by atoms with Crippen molar-refractivity contribution in [3.63, 3.8) is 0 Å². The number of ether oxygens (including phenoxy) is 1. The molecule has 0 radical (unpaired) electrons. The predicted molar refractivity (Wildman–Crippen MR) is 112 cm³/mol. The molecule has 0 heterocycles. The van der Waals surface area contributed by atoms with Gasteiger partial charge in [0.15, 0.2) is 9.84 Å². The van der Waals surface area contributed by atoms with E-state index >= 15 is 0 Å². The minimum atomic E-state index is -3.63. The van der Waals surface area contributed by atoms with Gasteiger partial charge in [0.05, 0.1) is 5.75 Å². The van der Waals surface area contributed by atoms with Crippen LogP contribution in [0.5, 0.6) is 17.2 Å². The van der Waals surface area contributed by atoms with Crippen molar-refractivity contribution >= 4 is 27.4 Å². The monoisotopic (exact) mass is 445 g/mol. The Kier molecular flexibility index (Phi) is 5.38. The van der Waals surface area contributed by atoms with E-state index in [-0.39, 0.29) is 28.1 Å². The molecule has 9 heteroatoms. The number of fused-ring (bicyclic) bond motifs is 1. The van der Waals surface area contributed by atoms with E-state index in [1.165, 1.54) is 18.2 Å². The van der Waals surface area contributed by atoms with Gasteiger partial charge >= 0.3 is 11.9 Å². The Balaban J connectivity index is 1.67. The molecule has 2 aromatic rings. The molecule has 2 aliphatic rings. The van der Waals surface area contributed by atoms with Gasteiger partial charge in [-0.1, -0.05) is 0 Å². The summed E-state index contributed by atoms with van der Waals surface area (Å²) in [6.45, 7) is 1.77. The topological polar surface area (TPSA) is 130 Å². The first kappa shape index (κ1) is 21.2. The highest BCUT2D eigenvalue weighted by atomic mass is 32.2. The molecule has 0 bridgehead atoms. The highest BCUT2D eigenvalue weighted by molar-refractivity contribution is 7.91. The number of amides is 1. The van der Waals surface area contributed by atoms with Crippen LogP contribution in [0.2, 0.25) is 0 Å². The van der Waals surface area contributed by atoms with E-state index in [9.17, 15) is 23.1 Å². The zero-order chi connectivity index (χ0) is 22.3. The third-order valence-corrected chi connectivity index (χ3v) is 7.52. The Bertz CT molecular complexity index is 1180. The minimum absolute atomic E-state index is 0.0103. The van der Waals surface area contributed by atoms with Crippen LogP contribution < -0.4 is 10.1 Å². The van der Waals surface area contributed by atoms with Crippen LogP contribution in [0.15, 0.2) is 29.2 Å². The second-order valence-corrected chi connectivity index (χ2v) is 10.1. The average molecular weight is 445 g/mol. The summed E-state index contributed by atoms with van der Waals surface area (Å²) >= 11 is 0. The number of aliphatic carboxylic acids is 1. The third-order valence-electron chi connectivity index (χ3n) is 5.62. The van der Waals surface area contributed by atoms with Crippen molar-refractivity contribution in [1.29, 1.82) is 0 Å². The number of phenols is 1. The second-order valence-electron chi connectivity index (χ2n) is 8.10. The Labute approximate surface area is 179 Å². The summed E-state index contributed by atoms with van der Waals surface area (Å²) in [5.41, 5.74) is 2.80. The van der Waals surface area contributed by atoms with Crippen molar-refractivity contribution in [2.24, 2.45) is 5.92 Å². The van der Waals surface area contributed by atoms with Crippen LogP contribution in [0.1, 0.15) is 36.0 Å². The molecule has 2 aliphatic carbocycles. The standard InChI is InChI=1S/C22H23NO7S/c1-12-9-17(23-21(25)22(26)27)15-3-2-4-16(15)20(12)30-14-7-8-18(24)19(10-14)31(28,29)11-13-5-6-13/h7-10,13,24H,2-6,11H2,1H3,(H,23,25)(H,26,27). The number of hydrogen-bond donors (Lipinski definition) is 3. The molecule has 0 aromatic heterocycles. The molecule has 4 rings (SSSR count). The molecule has 0 unspecified atom stereocenters. The fourth-order valence-electron chi connectivity index (χ4n) is 3.94. The third kappa shape index (κ3) is 4.36. The molecule has 8 nitrogen and oxygen atoms in total. The molecular formula is C22H23NO7S. The van der Waals surface area contributed by atoms with E-state index in [1.807, 2.05) is 0 Å². The number of sulfone groups is 1. The van der Waals surface area contributed by atoms with Crippen LogP contribution in [0.4, 0.5) is 5.69 Å². The SMILES string of the molecule is Cc1cc(NC(=O)C(=O)O)c2c(c1Oc1ccc(O)c(S(=O)(=O)CC3CC3)c1)CCC2. The molecule has 2 aromatic carbocycles. The Morgan fingerprint density at radius 2 is 1.87 bits per heavy atom. The molecule has 1 fully saturated rings. The number of carboxylic acid groups (broad SMARTS) is 1. The molecule has 0 aliphatic heterocycles. The zero-order valence-electron chi connectivity index (χ0n) is 17.0. The first-order valence-electron chi connectivity index (χ1n) is 10.1. The number of aromatic hydroxyl groups is 1. The van der Waals surface area contributed by atoms with E-state index < -0.39 is 21.7 Å². The number of carbonyl (C=O) groups is 2. The molecule has 164 valence electrons. The van der Waals surface area contributed by atoms with E-state index in [0.29, 0.717) is 29.8 Å². The normalized spacial score (nSPS) is 15.4. The molecule has 0 atom stereocenters. The number of anilines is 1. The van der Waals surface area contributed by atoms with Crippen LogP contribution in [0.25, 0.3) is 0 Å². The fraction of sp³-hybridized carbons (Fsp3) is 0.364. The lowest BCUT2D eigenvalue weighted by atomic mass is 10.0. The van der Waals surface area contributed by atoms with Crippen LogP contribution in [0.3, 0.4) is 0 Å². The number of carboxylic acids is 1. The van der Waals surface area contributed by atoms with E-state index in [1.54, 1.807) is 13.0 Å². The van der Waals surface area contributed by atoms with Gasteiger partial charge in [0.1, 0.15) is 22.1 Å². The van der Waals surface area contributed by atoms with Crippen LogP contribution >= 0.6 is 0 Å². The van der Waals surface area contributed by atoms with Crippen molar-refractivity contribution in [2.75, 3.05) is 11.1 Å². The van der Waals surface area contributed by atoms with Crippen LogP contribution in [-0.2, 0) is 32.3 Å². The quantitative estimate of drug-likeness (QED) is 0.582. The van der Waals surface area contributed by atoms with Crippen molar-refractivity contribution in [2.45, 2.75) is 43.9 Å². The molecule has 0 saturated heterocycles. The molecule has 1 amide bonds. The first-order valence-corrected chi connectivity index (χ1v) is 11.7. The lowest BCUT2D eigenvalue weighted by molar-refractivity contribution is -0.147. The summed E-state index contributed by atoms with van der Waals surface area (Å²) in [6, 6.07) is 5.82. The Morgan fingerprint density at radius 3 is 2.55 bits per heavy atom. The van der Waals surface area contributed by atoms with E-state index in [0.717, 1.165) is 30.4 Å². The molecule has 1 saturated carbocycles. The van der Waals surface area contributed by atoms with Gasteiger partial charge < -0.3 is 20.3 Å². The van der Waals surface area contributed by atoms with Gasteiger partial charge in [-0.3, -0.25) is 4.79 Å². The number of hydrogen-bond acceptors (Lipinski definition) is 6. The summed E-state index contributed by atoms with van der Waals surface area (Å²) < 4.78 is 31.4. The maximum atomic E-state index is 12.7. The van der Waals surface area contributed by atoms with Gasteiger partial charge in [-0.05, 0) is 74.3 Å². The van der Waals surface area contributed by atoms with Gasteiger partial charge in [0.2, 0.25) is 0 Å². The zero-order valence-corrected chi connectivity index (χ0v) is 17.8. The van der Waals surface area contributed by atoms with Crippen LogP contribution in [-0.4, -0.2) is 36.3 Å². The lowest BCUT2D eigenvalue weighted by Crippen LogP contribution is -2.22. The van der Waals surface area contributed by atoms with Crippen molar-refractivity contribution < 1.29 is 33.0 Å². The number of nitrogens with one attached hydrogen (secondary N) is 1. The van der Waals surface area contributed by atoms with Gasteiger partial charge in [0.25, 0.3) is 0 Å². The average Bonchev–Trinajstić information content (AvgIpc) is 3.36. The molecular weight excluding hydrogens is 422 g/mol. The molecule has 0 spiro atoms. The van der Waals surface area contributed by atoms with Crippen LogP contribution in [0, 0.1) is 12.8 Å². The molecule has 31 heavy (non-hydrogen) atoms. The summed E-state index contributed by atoms with van der Waals surface area (Å²) in [4.78, 5) is 22.4. The number of aryl methyl sites for hydroxylation is 1. The maximum Gasteiger partial charge on any atom is 0.394 e. The second kappa shape index (κ2) is 7.88. The molecule has 3 N–H and O–H groups in total. The number of carbonyl (C=O) groups excluding carboxylic acids is 1. The van der Waals surface area contributed by atoms with E-state index in [4.69, 9.17) is 9.84 Å². The summed E-state index contributed by atoms with van der Waals surface area (Å²) in [5, 5.41) is 21.4. The highest BCUT2D eigenvalue weighted by Gasteiger charge is 2.31. The van der Waals surface area contributed by atoms with Gasteiger partial charge in [-0.15, -0.1) is 0 Å². The fourth-order valence-corrected chi connectivity index (χ4v) is 5.75. The number of rotatable bonds is 6. The smallest absolute Gasteiger partial charge is 0.394 e. The summed E-state index contributed by atoms with van der Waals surface area (Å²) in [7, 11) is -3.63. The largest absolute Gasteiger partial charge is 0.507 e. The summed E-state index contributed by atoms with van der Waals surface area (Å²) in [6.07, 6.45) is 3.94. The van der Waals surface area contributed by atoms with Crippen molar-refractivity contribution in [1.82, 2.24) is 0 Å². The Hall–Kier alpha value is -3.07. The van der Waals surface area contributed by atoms with Gasteiger partial charge in [-0.2, -0.15) is 0 Å². The highest BCUT2D eigenvalue weighted by Crippen LogP contribution is 2.42. The van der Waals surface area contributed by atoms with Gasteiger partial charge in [-0.25, -0.2) is 13.2 Å². The Morgan fingerprint density at radius 1 is 1.16 bits per heavy atom. The minimum Gasteiger partial charge on any atom is -0.507 e. The van der Waals surface area contributed by atoms with Crippen molar-refractivity contribution in [3.8, 4) is 17.2 Å². The number of phenolic OH excluding ortho intramolecular Hbond substituents is 1. The van der Waals surface area contributed by atoms with E-state index in [2.05, 4.69) is 5.32 Å².